The molecular weight excluding hydrogens is 482 g/mol. The summed E-state index contributed by atoms with van der Waals surface area (Å²) in [6, 6.07) is 23.6. The first kappa shape index (κ1) is 25.9. The van der Waals surface area contributed by atoms with Gasteiger partial charge < -0.3 is 24.6 Å². The third-order valence-electron chi connectivity index (χ3n) is 7.45. The molecule has 3 aromatic rings. The Morgan fingerprint density at radius 2 is 1.58 bits per heavy atom. The largest absolute Gasteiger partial charge is 0.489 e. The van der Waals surface area contributed by atoms with Gasteiger partial charge in [0, 0.05) is 18.5 Å². The minimum absolute atomic E-state index is 0.151. The summed E-state index contributed by atoms with van der Waals surface area (Å²) in [5.74, 6) is -0.785. The summed E-state index contributed by atoms with van der Waals surface area (Å²) in [5.41, 5.74) is 3.40. The molecule has 1 heterocycles. The van der Waals surface area contributed by atoms with Crippen LogP contribution in [0.4, 0.5) is 0 Å². The Hall–Kier alpha value is -3.68. The highest BCUT2D eigenvalue weighted by molar-refractivity contribution is 5.88. The second kappa shape index (κ2) is 11.8. The van der Waals surface area contributed by atoms with E-state index in [1.54, 1.807) is 0 Å². The van der Waals surface area contributed by atoms with Gasteiger partial charge in [0.2, 0.25) is 0 Å². The molecule has 1 saturated carbocycles. The molecule has 2 N–H and O–H groups in total. The van der Waals surface area contributed by atoms with E-state index in [0.717, 1.165) is 16.7 Å². The zero-order chi connectivity index (χ0) is 26.5. The monoisotopic (exact) mass is 515 g/mol. The molecule has 7 heteroatoms. The summed E-state index contributed by atoms with van der Waals surface area (Å²) < 4.78 is 12.4. The van der Waals surface area contributed by atoms with E-state index in [1.807, 2.05) is 78.9 Å². The Labute approximate surface area is 222 Å². The average Bonchev–Trinajstić information content (AvgIpc) is 2.95. The van der Waals surface area contributed by atoms with Crippen LogP contribution in [0.2, 0.25) is 0 Å². The number of aliphatic carboxylic acids is 1. The Morgan fingerprint density at radius 1 is 0.895 bits per heavy atom. The van der Waals surface area contributed by atoms with Crippen LogP contribution in [0.1, 0.15) is 54.0 Å². The highest BCUT2D eigenvalue weighted by atomic mass is 16.5. The summed E-state index contributed by atoms with van der Waals surface area (Å²) in [7, 11) is 0. The van der Waals surface area contributed by atoms with Gasteiger partial charge in [0.05, 0.1) is 12.2 Å². The van der Waals surface area contributed by atoms with Crippen molar-refractivity contribution in [3.8, 4) is 5.75 Å². The van der Waals surface area contributed by atoms with Crippen LogP contribution in [0.5, 0.6) is 5.75 Å². The molecule has 0 unspecified atom stereocenters. The average molecular weight is 516 g/mol. The number of aliphatic hydroxyl groups is 1. The molecule has 2 atom stereocenters. The van der Waals surface area contributed by atoms with Gasteiger partial charge in [0.25, 0.3) is 5.91 Å². The van der Waals surface area contributed by atoms with Crippen molar-refractivity contribution in [3.63, 3.8) is 0 Å². The summed E-state index contributed by atoms with van der Waals surface area (Å²) in [4.78, 5) is 27.9. The molecule has 0 radical (unpaired) electrons. The lowest BCUT2D eigenvalue weighted by atomic mass is 9.91. The molecule has 1 aliphatic heterocycles. The number of carboxylic acids is 1. The van der Waals surface area contributed by atoms with E-state index in [0.29, 0.717) is 43.6 Å². The maximum atomic E-state index is 14.0. The SMILES string of the molecule is O=C(O)[C@@H]1Cc2c(cccc2OCc2ccccc2)CN1C(=O)[C@H](OC1CCC(O)CC1)c1ccccc1. The number of nitrogens with zero attached hydrogens (tertiary/aromatic N) is 1. The smallest absolute Gasteiger partial charge is 0.326 e. The van der Waals surface area contributed by atoms with Crippen LogP contribution >= 0.6 is 0 Å². The number of aliphatic hydroxyl groups excluding tert-OH is 1. The minimum Gasteiger partial charge on any atom is -0.489 e. The van der Waals surface area contributed by atoms with Crippen molar-refractivity contribution in [2.45, 2.75) is 69.6 Å². The van der Waals surface area contributed by atoms with E-state index in [2.05, 4.69) is 0 Å². The van der Waals surface area contributed by atoms with Crippen LogP contribution in [0.15, 0.2) is 78.9 Å². The first-order valence-electron chi connectivity index (χ1n) is 13.2. The number of rotatable bonds is 8. The fourth-order valence-electron chi connectivity index (χ4n) is 5.34. The molecule has 1 fully saturated rings. The lowest BCUT2D eigenvalue weighted by molar-refractivity contribution is -0.161. The maximum absolute atomic E-state index is 14.0. The number of hydrogen-bond donors (Lipinski definition) is 2. The fourth-order valence-corrected chi connectivity index (χ4v) is 5.34. The Morgan fingerprint density at radius 3 is 2.26 bits per heavy atom. The van der Waals surface area contributed by atoms with Crippen molar-refractivity contribution in [3.05, 3.63) is 101 Å². The number of hydrogen-bond acceptors (Lipinski definition) is 5. The Kier molecular flexibility index (Phi) is 8.05. The van der Waals surface area contributed by atoms with Crippen LogP contribution in [-0.2, 0) is 33.9 Å². The number of benzene rings is 3. The normalized spacial score (nSPS) is 21.8. The van der Waals surface area contributed by atoms with Crippen LogP contribution in [-0.4, -0.2) is 45.2 Å². The number of carbonyl (C=O) groups excluding carboxylic acids is 1. The Bertz CT molecular complexity index is 1240. The molecule has 1 amide bonds. The van der Waals surface area contributed by atoms with E-state index in [4.69, 9.17) is 9.47 Å². The Balaban J connectivity index is 1.40. The molecule has 0 aromatic heterocycles. The van der Waals surface area contributed by atoms with Crippen molar-refractivity contribution in [1.29, 1.82) is 0 Å². The number of carboxylic acid groups (broad SMARTS) is 1. The van der Waals surface area contributed by atoms with Gasteiger partial charge >= 0.3 is 5.97 Å². The molecule has 3 aromatic carbocycles. The van der Waals surface area contributed by atoms with Crippen molar-refractivity contribution in [1.82, 2.24) is 4.90 Å². The third-order valence-corrected chi connectivity index (χ3v) is 7.45. The van der Waals surface area contributed by atoms with Crippen LogP contribution in [0, 0.1) is 0 Å². The molecule has 5 rings (SSSR count). The molecule has 38 heavy (non-hydrogen) atoms. The topological polar surface area (TPSA) is 96.3 Å². The van der Waals surface area contributed by atoms with Crippen molar-refractivity contribution in [2.24, 2.45) is 0 Å². The molecule has 1 aliphatic carbocycles. The van der Waals surface area contributed by atoms with Gasteiger partial charge in [-0.05, 0) is 48.4 Å². The second-order valence-corrected chi connectivity index (χ2v) is 10.0. The van der Waals surface area contributed by atoms with E-state index in [9.17, 15) is 19.8 Å². The lowest BCUT2D eigenvalue weighted by Gasteiger charge is -2.38. The summed E-state index contributed by atoms with van der Waals surface area (Å²) in [6.07, 6.45) is 1.29. The molecule has 2 aliphatic rings. The minimum atomic E-state index is -1.06. The van der Waals surface area contributed by atoms with Crippen molar-refractivity contribution < 1.29 is 29.3 Å². The highest BCUT2D eigenvalue weighted by Gasteiger charge is 2.40. The zero-order valence-corrected chi connectivity index (χ0v) is 21.2. The zero-order valence-electron chi connectivity index (χ0n) is 21.2. The summed E-state index contributed by atoms with van der Waals surface area (Å²) in [6.45, 7) is 0.529. The number of amides is 1. The first-order valence-corrected chi connectivity index (χ1v) is 13.2. The molecule has 0 spiro atoms. The van der Waals surface area contributed by atoms with Crippen LogP contribution in [0.3, 0.4) is 0 Å². The standard InChI is InChI=1S/C31H33NO6/c33-24-14-16-25(17-15-24)38-29(22-10-5-2-6-11-22)30(34)32-19-23-12-7-13-28(26(23)18-27(32)31(35)36)37-20-21-8-3-1-4-9-21/h1-13,24-25,27,29,33H,14-20H2,(H,35,36)/t24?,25?,27-,29+/m0/s1. The lowest BCUT2D eigenvalue weighted by Crippen LogP contribution is -2.51. The van der Waals surface area contributed by atoms with Gasteiger partial charge in [-0.1, -0.05) is 72.8 Å². The van der Waals surface area contributed by atoms with Crippen molar-refractivity contribution in [2.75, 3.05) is 0 Å². The quantitative estimate of drug-likeness (QED) is 0.453. The molecule has 0 saturated heterocycles. The molecular formula is C31H33NO6. The molecule has 7 nitrogen and oxygen atoms in total. The van der Waals surface area contributed by atoms with Gasteiger partial charge in [0.1, 0.15) is 18.4 Å². The summed E-state index contributed by atoms with van der Waals surface area (Å²) in [5, 5.41) is 20.1. The van der Waals surface area contributed by atoms with Crippen LogP contribution in [0.25, 0.3) is 0 Å². The predicted molar refractivity (Wildman–Crippen MR) is 141 cm³/mol. The number of carbonyl (C=O) groups is 2. The summed E-state index contributed by atoms with van der Waals surface area (Å²) >= 11 is 0. The van der Waals surface area contributed by atoms with Crippen LogP contribution < -0.4 is 4.74 Å². The third kappa shape index (κ3) is 5.90. The van der Waals surface area contributed by atoms with E-state index >= 15 is 0 Å². The van der Waals surface area contributed by atoms with E-state index in [1.165, 1.54) is 4.90 Å². The number of ether oxygens (including phenoxy) is 2. The van der Waals surface area contributed by atoms with Gasteiger partial charge in [-0.3, -0.25) is 4.79 Å². The van der Waals surface area contributed by atoms with E-state index < -0.39 is 18.1 Å². The van der Waals surface area contributed by atoms with Gasteiger partial charge in [0.15, 0.2) is 6.10 Å². The number of fused-ring (bicyclic) bond motifs is 1. The van der Waals surface area contributed by atoms with Crippen molar-refractivity contribution >= 4 is 11.9 Å². The second-order valence-electron chi connectivity index (χ2n) is 10.0. The van der Waals surface area contributed by atoms with Gasteiger partial charge in [-0.2, -0.15) is 0 Å². The molecule has 198 valence electrons. The first-order chi connectivity index (χ1) is 18.5. The van der Waals surface area contributed by atoms with E-state index in [-0.39, 0.29) is 31.1 Å². The highest BCUT2D eigenvalue weighted by Crippen LogP contribution is 2.35. The van der Waals surface area contributed by atoms with Gasteiger partial charge in [-0.15, -0.1) is 0 Å². The maximum Gasteiger partial charge on any atom is 0.326 e. The van der Waals surface area contributed by atoms with Gasteiger partial charge in [-0.25, -0.2) is 4.79 Å². The predicted octanol–water partition coefficient (Wildman–Crippen LogP) is 4.66. The fraction of sp³-hybridized carbons (Fsp3) is 0.355. The molecule has 0 bridgehead atoms.